The second-order valence-corrected chi connectivity index (χ2v) is 4.19. The Hall–Kier alpha value is -0.710. The van der Waals surface area contributed by atoms with Gasteiger partial charge >= 0.3 is 6.43 Å². The molecule has 0 aromatic carbocycles. The average Bonchev–Trinajstić information content (AvgIpc) is 2.18. The summed E-state index contributed by atoms with van der Waals surface area (Å²) in [7, 11) is 0. The molecular formula is C10H17F2NO2. The Morgan fingerprint density at radius 2 is 2.13 bits per heavy atom. The molecule has 1 N–H and O–H groups in total. The van der Waals surface area contributed by atoms with Crippen molar-refractivity contribution in [3.63, 3.8) is 0 Å². The lowest BCUT2D eigenvalue weighted by molar-refractivity contribution is -0.134. The summed E-state index contributed by atoms with van der Waals surface area (Å²) in [5.74, 6) is -0.616. The third-order valence-electron chi connectivity index (χ3n) is 2.79. The van der Waals surface area contributed by atoms with Crippen LogP contribution in [0.25, 0.3) is 0 Å². The van der Waals surface area contributed by atoms with Crippen molar-refractivity contribution in [2.45, 2.75) is 32.7 Å². The maximum absolute atomic E-state index is 12.1. The second-order valence-electron chi connectivity index (χ2n) is 4.19. The zero-order valence-corrected chi connectivity index (χ0v) is 9.00. The third kappa shape index (κ3) is 3.41. The van der Waals surface area contributed by atoms with Crippen molar-refractivity contribution in [3.8, 4) is 0 Å². The van der Waals surface area contributed by atoms with E-state index in [0.29, 0.717) is 19.1 Å². The summed E-state index contributed by atoms with van der Waals surface area (Å²) in [6.07, 6.45) is -2.13. The molecule has 1 aliphatic heterocycles. The van der Waals surface area contributed by atoms with E-state index in [0.717, 1.165) is 6.42 Å². The van der Waals surface area contributed by atoms with Crippen LogP contribution >= 0.6 is 0 Å². The number of nitrogens with one attached hydrogen (secondary N) is 1. The van der Waals surface area contributed by atoms with Crippen LogP contribution in [0.3, 0.4) is 0 Å². The first kappa shape index (κ1) is 12.4. The van der Waals surface area contributed by atoms with Gasteiger partial charge < -0.3 is 10.1 Å². The van der Waals surface area contributed by atoms with E-state index in [9.17, 15) is 13.6 Å². The molecule has 0 aliphatic carbocycles. The first-order chi connectivity index (χ1) is 7.02. The summed E-state index contributed by atoms with van der Waals surface area (Å²) in [5, 5.41) is 2.34. The SMILES string of the molecule is CC(C)[C@@H]1CCOC[C@H]1NC(=O)C(F)F. The minimum absolute atomic E-state index is 0.224. The van der Waals surface area contributed by atoms with Gasteiger partial charge in [-0.1, -0.05) is 13.8 Å². The standard InChI is InChI=1S/C10H17F2NO2/c1-6(2)7-3-4-15-5-8(7)13-10(14)9(11)12/h6-9H,3-5H2,1-2H3,(H,13,14)/t7-,8+/m0/s1. The lowest BCUT2D eigenvalue weighted by Crippen LogP contribution is -2.49. The summed E-state index contributed by atoms with van der Waals surface area (Å²) >= 11 is 0. The Morgan fingerprint density at radius 1 is 1.47 bits per heavy atom. The highest BCUT2D eigenvalue weighted by molar-refractivity contribution is 5.79. The molecule has 2 atom stereocenters. The summed E-state index contributed by atoms with van der Waals surface area (Å²) in [4.78, 5) is 10.9. The van der Waals surface area contributed by atoms with Crippen LogP contribution in [0.15, 0.2) is 0 Å². The quantitative estimate of drug-likeness (QED) is 0.783. The molecule has 1 aliphatic rings. The fourth-order valence-corrected chi connectivity index (χ4v) is 1.95. The van der Waals surface area contributed by atoms with Crippen molar-refractivity contribution in [2.24, 2.45) is 11.8 Å². The molecule has 1 saturated heterocycles. The number of ether oxygens (including phenoxy) is 1. The van der Waals surface area contributed by atoms with E-state index < -0.39 is 12.3 Å². The van der Waals surface area contributed by atoms with Gasteiger partial charge in [-0.15, -0.1) is 0 Å². The van der Waals surface area contributed by atoms with E-state index in [1.54, 1.807) is 0 Å². The largest absolute Gasteiger partial charge is 0.379 e. The van der Waals surface area contributed by atoms with Gasteiger partial charge in [-0.25, -0.2) is 0 Å². The van der Waals surface area contributed by atoms with Gasteiger partial charge in [-0.3, -0.25) is 4.79 Å². The number of rotatable bonds is 3. The van der Waals surface area contributed by atoms with E-state index in [4.69, 9.17) is 4.74 Å². The fraction of sp³-hybridized carbons (Fsp3) is 0.900. The topological polar surface area (TPSA) is 38.3 Å². The van der Waals surface area contributed by atoms with Gasteiger partial charge in [0, 0.05) is 6.61 Å². The van der Waals surface area contributed by atoms with Crippen molar-refractivity contribution >= 4 is 5.91 Å². The van der Waals surface area contributed by atoms with Gasteiger partial charge in [0.2, 0.25) is 0 Å². The Morgan fingerprint density at radius 3 is 2.67 bits per heavy atom. The minimum Gasteiger partial charge on any atom is -0.379 e. The van der Waals surface area contributed by atoms with E-state index in [1.807, 2.05) is 13.8 Å². The molecule has 1 amide bonds. The summed E-state index contributed by atoms with van der Waals surface area (Å²) in [6, 6.07) is -0.278. The van der Waals surface area contributed by atoms with Gasteiger partial charge in [-0.05, 0) is 18.3 Å². The molecule has 0 spiro atoms. The highest BCUT2D eigenvalue weighted by Gasteiger charge is 2.31. The van der Waals surface area contributed by atoms with Crippen molar-refractivity contribution in [1.29, 1.82) is 0 Å². The van der Waals surface area contributed by atoms with Gasteiger partial charge in [0.25, 0.3) is 5.91 Å². The molecule has 0 bridgehead atoms. The maximum atomic E-state index is 12.1. The van der Waals surface area contributed by atoms with Crippen molar-refractivity contribution in [3.05, 3.63) is 0 Å². The molecule has 1 heterocycles. The normalized spacial score (nSPS) is 27.1. The molecule has 1 fully saturated rings. The predicted molar refractivity (Wildman–Crippen MR) is 51.7 cm³/mol. The van der Waals surface area contributed by atoms with Crippen LogP contribution in [-0.4, -0.2) is 31.6 Å². The van der Waals surface area contributed by atoms with Crippen LogP contribution < -0.4 is 5.32 Å². The average molecular weight is 221 g/mol. The van der Waals surface area contributed by atoms with Gasteiger partial charge in [-0.2, -0.15) is 8.78 Å². The van der Waals surface area contributed by atoms with Crippen molar-refractivity contribution in [2.75, 3.05) is 13.2 Å². The smallest absolute Gasteiger partial charge is 0.315 e. The third-order valence-corrected chi connectivity index (χ3v) is 2.79. The second kappa shape index (κ2) is 5.39. The van der Waals surface area contributed by atoms with Gasteiger partial charge in [0.15, 0.2) is 0 Å². The van der Waals surface area contributed by atoms with E-state index in [-0.39, 0.29) is 12.0 Å². The van der Waals surface area contributed by atoms with E-state index in [2.05, 4.69) is 5.32 Å². The first-order valence-corrected chi connectivity index (χ1v) is 5.18. The van der Waals surface area contributed by atoms with Crippen molar-refractivity contribution in [1.82, 2.24) is 5.32 Å². The molecular weight excluding hydrogens is 204 g/mol. The monoisotopic (exact) mass is 221 g/mol. The lowest BCUT2D eigenvalue weighted by atomic mass is 9.85. The van der Waals surface area contributed by atoms with E-state index >= 15 is 0 Å². The summed E-state index contributed by atoms with van der Waals surface area (Å²) in [6.45, 7) is 5.03. The van der Waals surface area contributed by atoms with E-state index in [1.165, 1.54) is 0 Å². The highest BCUT2D eigenvalue weighted by atomic mass is 19.3. The maximum Gasteiger partial charge on any atom is 0.315 e. The number of alkyl halides is 2. The van der Waals surface area contributed by atoms with Crippen LogP contribution in [0.1, 0.15) is 20.3 Å². The first-order valence-electron chi connectivity index (χ1n) is 5.18. The number of hydrogen-bond donors (Lipinski definition) is 1. The van der Waals surface area contributed by atoms with Gasteiger partial charge in [0.1, 0.15) is 0 Å². The summed E-state index contributed by atoms with van der Waals surface area (Å²) in [5.41, 5.74) is 0. The molecule has 0 radical (unpaired) electrons. The number of hydrogen-bond acceptors (Lipinski definition) is 2. The number of carbonyl (C=O) groups is 1. The molecule has 3 nitrogen and oxygen atoms in total. The Bertz CT molecular complexity index is 221. The molecule has 0 aromatic heterocycles. The zero-order valence-electron chi connectivity index (χ0n) is 9.00. The molecule has 15 heavy (non-hydrogen) atoms. The zero-order chi connectivity index (χ0) is 11.4. The number of carbonyl (C=O) groups excluding carboxylic acids is 1. The summed E-state index contributed by atoms with van der Waals surface area (Å²) < 4.78 is 29.3. The Balaban J connectivity index is 2.53. The Kier molecular flexibility index (Phi) is 4.45. The minimum atomic E-state index is -2.94. The predicted octanol–water partition coefficient (Wildman–Crippen LogP) is 1.43. The van der Waals surface area contributed by atoms with Crippen LogP contribution in [0, 0.1) is 11.8 Å². The molecule has 0 unspecified atom stereocenters. The highest BCUT2D eigenvalue weighted by Crippen LogP contribution is 2.23. The molecule has 1 rings (SSSR count). The van der Waals surface area contributed by atoms with Crippen LogP contribution in [0.5, 0.6) is 0 Å². The molecule has 88 valence electrons. The Labute approximate surface area is 88.2 Å². The number of halogens is 2. The van der Waals surface area contributed by atoms with Crippen LogP contribution in [0.2, 0.25) is 0 Å². The molecule has 5 heteroatoms. The molecule has 0 saturated carbocycles. The van der Waals surface area contributed by atoms with Gasteiger partial charge in [0.05, 0.1) is 12.6 Å². The van der Waals surface area contributed by atoms with Crippen LogP contribution in [0.4, 0.5) is 8.78 Å². The fourth-order valence-electron chi connectivity index (χ4n) is 1.95. The van der Waals surface area contributed by atoms with Crippen LogP contribution in [-0.2, 0) is 9.53 Å². The molecule has 0 aromatic rings. The number of amides is 1. The lowest BCUT2D eigenvalue weighted by Gasteiger charge is -2.34. The van der Waals surface area contributed by atoms with Crippen molar-refractivity contribution < 1.29 is 18.3 Å².